The fourth-order valence-electron chi connectivity index (χ4n) is 3.20. The first-order valence-corrected chi connectivity index (χ1v) is 8.94. The molecule has 1 aliphatic rings. The number of carbonyl (C=O) groups excluding carboxylic acids is 1. The molecule has 3 heterocycles. The second kappa shape index (κ2) is 7.53. The van der Waals surface area contributed by atoms with E-state index in [0.717, 1.165) is 18.0 Å². The molecule has 1 fully saturated rings. The van der Waals surface area contributed by atoms with Gasteiger partial charge in [0.2, 0.25) is 0 Å². The van der Waals surface area contributed by atoms with Crippen LogP contribution in [0.25, 0.3) is 5.82 Å². The van der Waals surface area contributed by atoms with Gasteiger partial charge < -0.3 is 9.80 Å². The minimum atomic E-state index is -4.48. The van der Waals surface area contributed by atoms with Gasteiger partial charge in [0.1, 0.15) is 24.3 Å². The lowest BCUT2D eigenvalue weighted by Crippen LogP contribution is -2.49. The van der Waals surface area contributed by atoms with Crippen molar-refractivity contribution in [3.8, 4) is 5.82 Å². The Morgan fingerprint density at radius 2 is 1.76 bits per heavy atom. The quantitative estimate of drug-likeness (QED) is 0.674. The topological polar surface area (TPSA) is 67.2 Å². The lowest BCUT2D eigenvalue weighted by atomic mass is 10.1. The molecule has 0 N–H and O–H groups in total. The molecule has 4 rings (SSSR count). The minimum Gasteiger partial charge on any atom is -0.353 e. The van der Waals surface area contributed by atoms with Gasteiger partial charge in [-0.2, -0.15) is 13.2 Å². The minimum absolute atomic E-state index is 0.0395. The monoisotopic (exact) mass is 402 g/mol. The number of carbonyl (C=O) groups is 1. The van der Waals surface area contributed by atoms with Crippen molar-refractivity contribution < 1.29 is 18.0 Å². The summed E-state index contributed by atoms with van der Waals surface area (Å²) in [6.07, 6.45) is 2.05. The Morgan fingerprint density at radius 1 is 1.00 bits per heavy atom. The van der Waals surface area contributed by atoms with Crippen molar-refractivity contribution in [1.82, 2.24) is 24.4 Å². The highest BCUT2D eigenvalue weighted by atomic mass is 19.4. The molecular formula is C19H17F3N6O. The van der Waals surface area contributed by atoms with Crippen molar-refractivity contribution in [2.45, 2.75) is 6.18 Å². The molecule has 0 radical (unpaired) electrons. The molecule has 1 saturated heterocycles. The summed E-state index contributed by atoms with van der Waals surface area (Å²) in [5, 5.41) is 0. The molecule has 0 bridgehead atoms. The van der Waals surface area contributed by atoms with E-state index in [-0.39, 0.29) is 5.56 Å². The number of benzene rings is 1. The maximum absolute atomic E-state index is 12.9. The molecule has 1 amide bonds. The number of alkyl halides is 3. The average Bonchev–Trinajstić information content (AvgIpc) is 3.28. The van der Waals surface area contributed by atoms with E-state index in [1.165, 1.54) is 18.5 Å². The van der Waals surface area contributed by atoms with Crippen LogP contribution in [-0.4, -0.2) is 56.5 Å². The summed E-state index contributed by atoms with van der Waals surface area (Å²) in [6.45, 7) is 1.81. The zero-order valence-electron chi connectivity index (χ0n) is 15.3. The van der Waals surface area contributed by atoms with E-state index in [2.05, 4.69) is 15.0 Å². The fraction of sp³-hybridized carbons (Fsp3) is 0.263. The normalized spacial score (nSPS) is 14.9. The Kier molecular flexibility index (Phi) is 4.91. The number of hydrogen-bond donors (Lipinski definition) is 0. The third-order valence-electron chi connectivity index (χ3n) is 4.73. The number of imidazole rings is 1. The van der Waals surface area contributed by atoms with Gasteiger partial charge in [-0.3, -0.25) is 9.36 Å². The van der Waals surface area contributed by atoms with E-state index in [1.54, 1.807) is 28.2 Å². The van der Waals surface area contributed by atoms with Gasteiger partial charge >= 0.3 is 6.18 Å². The number of halogens is 3. The molecule has 150 valence electrons. The van der Waals surface area contributed by atoms with Crippen LogP contribution in [0.4, 0.5) is 19.0 Å². The molecule has 0 atom stereocenters. The van der Waals surface area contributed by atoms with Crippen LogP contribution in [0, 0.1) is 0 Å². The van der Waals surface area contributed by atoms with Crippen LogP contribution < -0.4 is 4.90 Å². The summed E-state index contributed by atoms with van der Waals surface area (Å²) in [5.74, 6) is 0.988. The van der Waals surface area contributed by atoms with E-state index in [0.29, 0.717) is 32.0 Å². The van der Waals surface area contributed by atoms with Gasteiger partial charge in [0.05, 0.1) is 5.56 Å². The van der Waals surface area contributed by atoms with Gasteiger partial charge in [0.25, 0.3) is 5.91 Å². The maximum atomic E-state index is 12.9. The van der Waals surface area contributed by atoms with E-state index in [9.17, 15) is 18.0 Å². The number of aromatic nitrogens is 4. The first-order chi connectivity index (χ1) is 13.9. The highest BCUT2D eigenvalue weighted by molar-refractivity contribution is 5.94. The van der Waals surface area contributed by atoms with E-state index < -0.39 is 17.6 Å². The van der Waals surface area contributed by atoms with Crippen LogP contribution in [0.5, 0.6) is 0 Å². The zero-order chi connectivity index (χ0) is 20.4. The Balaban J connectivity index is 1.44. The molecule has 0 unspecified atom stereocenters. The van der Waals surface area contributed by atoms with Crippen molar-refractivity contribution in [2.24, 2.45) is 0 Å². The van der Waals surface area contributed by atoms with Gasteiger partial charge in [0.15, 0.2) is 0 Å². The predicted octanol–water partition coefficient (Wildman–Crippen LogP) is 2.64. The molecule has 0 spiro atoms. The van der Waals surface area contributed by atoms with Gasteiger partial charge in [0, 0.05) is 50.2 Å². The summed E-state index contributed by atoms with van der Waals surface area (Å²) in [6, 6.07) is 6.35. The van der Waals surface area contributed by atoms with Crippen molar-refractivity contribution in [2.75, 3.05) is 31.1 Å². The van der Waals surface area contributed by atoms with Crippen molar-refractivity contribution >= 4 is 11.7 Å². The second-order valence-electron chi connectivity index (χ2n) is 6.56. The van der Waals surface area contributed by atoms with E-state index >= 15 is 0 Å². The summed E-state index contributed by atoms with van der Waals surface area (Å²) in [7, 11) is 0. The number of anilines is 1. The van der Waals surface area contributed by atoms with Crippen LogP contribution >= 0.6 is 0 Å². The van der Waals surface area contributed by atoms with Gasteiger partial charge in [-0.05, 0) is 18.2 Å². The lowest BCUT2D eigenvalue weighted by molar-refractivity contribution is -0.137. The van der Waals surface area contributed by atoms with Crippen LogP contribution in [0.2, 0.25) is 0 Å². The number of nitrogens with zero attached hydrogens (tertiary/aromatic N) is 6. The van der Waals surface area contributed by atoms with Crippen LogP contribution in [-0.2, 0) is 6.18 Å². The first kappa shape index (κ1) is 18.9. The molecule has 10 heteroatoms. The molecule has 0 saturated carbocycles. The highest BCUT2D eigenvalue weighted by Gasteiger charge is 2.31. The molecule has 0 aliphatic carbocycles. The summed E-state index contributed by atoms with van der Waals surface area (Å²) < 4.78 is 40.5. The molecule has 7 nitrogen and oxygen atoms in total. The van der Waals surface area contributed by atoms with Crippen LogP contribution in [0.1, 0.15) is 15.9 Å². The molecular weight excluding hydrogens is 385 g/mol. The Labute approximate surface area is 164 Å². The Hall–Kier alpha value is -3.43. The Morgan fingerprint density at radius 3 is 2.45 bits per heavy atom. The van der Waals surface area contributed by atoms with Crippen molar-refractivity contribution in [3.05, 3.63) is 66.5 Å². The highest BCUT2D eigenvalue weighted by Crippen LogP contribution is 2.30. The fourth-order valence-corrected chi connectivity index (χ4v) is 3.20. The summed E-state index contributed by atoms with van der Waals surface area (Å²) in [4.78, 5) is 28.7. The van der Waals surface area contributed by atoms with Crippen LogP contribution in [0.3, 0.4) is 0 Å². The van der Waals surface area contributed by atoms with Gasteiger partial charge in [-0.15, -0.1) is 0 Å². The smallest absolute Gasteiger partial charge is 0.353 e. The Bertz CT molecular complexity index is 997. The van der Waals surface area contributed by atoms with Gasteiger partial charge in [-0.25, -0.2) is 15.0 Å². The first-order valence-electron chi connectivity index (χ1n) is 8.94. The number of piperazine rings is 1. The zero-order valence-corrected chi connectivity index (χ0v) is 15.3. The molecule has 1 aliphatic heterocycles. The van der Waals surface area contributed by atoms with E-state index in [4.69, 9.17) is 0 Å². The number of rotatable bonds is 3. The second-order valence-corrected chi connectivity index (χ2v) is 6.56. The SMILES string of the molecule is O=C(c1cccc(C(F)(F)F)c1)N1CCN(c2cc(-n3ccnc3)ncn2)CC1. The maximum Gasteiger partial charge on any atom is 0.416 e. The van der Waals surface area contributed by atoms with Crippen molar-refractivity contribution in [1.29, 1.82) is 0 Å². The molecule has 2 aromatic heterocycles. The number of hydrogen-bond acceptors (Lipinski definition) is 5. The third kappa shape index (κ3) is 4.05. The van der Waals surface area contributed by atoms with Gasteiger partial charge in [-0.1, -0.05) is 6.07 Å². The summed E-state index contributed by atoms with van der Waals surface area (Å²) in [5.41, 5.74) is -0.785. The lowest BCUT2D eigenvalue weighted by Gasteiger charge is -2.35. The third-order valence-corrected chi connectivity index (χ3v) is 4.73. The van der Waals surface area contributed by atoms with Crippen molar-refractivity contribution in [3.63, 3.8) is 0 Å². The average molecular weight is 402 g/mol. The molecule has 29 heavy (non-hydrogen) atoms. The molecule has 1 aromatic carbocycles. The standard InChI is InChI=1S/C19H17F3N6O/c20-19(21,22)15-3-1-2-14(10-15)18(29)27-8-6-26(7-9-27)16-11-17(25-12-24-16)28-5-4-23-13-28/h1-5,10-13H,6-9H2. The predicted molar refractivity (Wildman–Crippen MR) is 98.7 cm³/mol. The van der Waals surface area contributed by atoms with Crippen LogP contribution in [0.15, 0.2) is 55.4 Å². The largest absolute Gasteiger partial charge is 0.416 e. The summed E-state index contributed by atoms with van der Waals surface area (Å²) >= 11 is 0. The molecule has 3 aromatic rings. The number of amides is 1. The van der Waals surface area contributed by atoms with E-state index in [1.807, 2.05) is 11.0 Å².